The summed E-state index contributed by atoms with van der Waals surface area (Å²) in [4.78, 5) is 15.0. The highest BCUT2D eigenvalue weighted by Crippen LogP contribution is 2.32. The molecule has 0 spiro atoms. The number of hydrogen-bond donors (Lipinski definition) is 1. The number of benzene rings is 1. The Labute approximate surface area is 146 Å². The van der Waals surface area contributed by atoms with E-state index in [-0.39, 0.29) is 18.3 Å². The molecule has 1 N–H and O–H groups in total. The summed E-state index contributed by atoms with van der Waals surface area (Å²) in [6.45, 7) is 8.47. The number of nitrogens with zero attached hydrogens (tertiary/aromatic N) is 1. The van der Waals surface area contributed by atoms with Gasteiger partial charge in [-0.25, -0.2) is 0 Å². The Morgan fingerprint density at radius 2 is 2.13 bits per heavy atom. The molecule has 2 aliphatic rings. The molecule has 1 aromatic carbocycles. The van der Waals surface area contributed by atoms with Crippen LogP contribution in [0.3, 0.4) is 0 Å². The number of carbonyl (C=O) groups excluding carboxylic acids is 1. The number of rotatable bonds is 2. The lowest BCUT2D eigenvalue weighted by Crippen LogP contribution is -2.45. The average molecular weight is 337 g/mol. The second-order valence-electron chi connectivity index (χ2n) is 7.21. The fourth-order valence-electron chi connectivity index (χ4n) is 3.78. The summed E-state index contributed by atoms with van der Waals surface area (Å²) in [5.74, 6) is 1.07. The van der Waals surface area contributed by atoms with Gasteiger partial charge in [0.15, 0.2) is 0 Å². The molecule has 0 aliphatic carbocycles. The van der Waals surface area contributed by atoms with Gasteiger partial charge in [-0.2, -0.15) is 0 Å². The number of hydrogen-bond acceptors (Lipinski definition) is 2. The smallest absolute Gasteiger partial charge is 0.230 e. The maximum Gasteiger partial charge on any atom is 0.230 e. The van der Waals surface area contributed by atoms with Crippen molar-refractivity contribution in [1.29, 1.82) is 0 Å². The molecule has 1 fully saturated rings. The van der Waals surface area contributed by atoms with Crippen molar-refractivity contribution in [3.8, 4) is 0 Å². The van der Waals surface area contributed by atoms with Gasteiger partial charge >= 0.3 is 0 Å². The molecule has 1 aromatic rings. The molecule has 1 amide bonds. The molecule has 0 saturated carbocycles. The molecule has 1 saturated heterocycles. The molecule has 0 unspecified atom stereocenters. The van der Waals surface area contributed by atoms with Crippen molar-refractivity contribution in [2.45, 2.75) is 58.4 Å². The van der Waals surface area contributed by atoms with Gasteiger partial charge in [-0.05, 0) is 62.3 Å². The molecule has 2 atom stereocenters. The van der Waals surface area contributed by atoms with Crippen molar-refractivity contribution in [2.24, 2.45) is 5.92 Å². The third kappa shape index (κ3) is 3.89. The van der Waals surface area contributed by atoms with E-state index in [1.54, 1.807) is 0 Å². The fourth-order valence-corrected chi connectivity index (χ4v) is 3.78. The maximum atomic E-state index is 13.0. The highest BCUT2D eigenvalue weighted by molar-refractivity contribution is 5.96. The standard InChI is InChI=1S/C19H28N2O.ClH/c1-13(2)15-6-7-18-16(12-15)5-4-10-21(18)19(22)17-8-9-20-14(3)11-17;/h6-7,12-14,17,20H,4-5,8-11H2,1-3H3;1H/t14-,17-;/m0./s1. The first-order valence-corrected chi connectivity index (χ1v) is 8.74. The van der Waals surface area contributed by atoms with E-state index in [9.17, 15) is 4.79 Å². The predicted octanol–water partition coefficient (Wildman–Crippen LogP) is 3.90. The first-order valence-electron chi connectivity index (χ1n) is 8.74. The SMILES string of the molecule is CC(C)c1ccc2c(c1)CCCN2C(=O)[C@H]1CCN[C@@H](C)C1.Cl. The zero-order valence-electron chi connectivity index (χ0n) is 14.5. The van der Waals surface area contributed by atoms with Gasteiger partial charge in [0.1, 0.15) is 0 Å². The van der Waals surface area contributed by atoms with E-state index in [2.05, 4.69) is 49.2 Å². The summed E-state index contributed by atoms with van der Waals surface area (Å²) in [6, 6.07) is 7.13. The summed E-state index contributed by atoms with van der Waals surface area (Å²) in [6.07, 6.45) is 4.12. The Morgan fingerprint density at radius 1 is 1.35 bits per heavy atom. The minimum atomic E-state index is 0. The van der Waals surface area contributed by atoms with Crippen LogP contribution in [0, 0.1) is 5.92 Å². The van der Waals surface area contributed by atoms with Crippen LogP contribution in [0.4, 0.5) is 5.69 Å². The van der Waals surface area contributed by atoms with Gasteiger partial charge in [-0.3, -0.25) is 4.79 Å². The van der Waals surface area contributed by atoms with Crippen LogP contribution in [0.25, 0.3) is 0 Å². The predicted molar refractivity (Wildman–Crippen MR) is 98.6 cm³/mol. The van der Waals surface area contributed by atoms with Crippen molar-refractivity contribution < 1.29 is 4.79 Å². The van der Waals surface area contributed by atoms with Crippen molar-refractivity contribution in [2.75, 3.05) is 18.0 Å². The molecule has 3 rings (SSSR count). The first-order chi connectivity index (χ1) is 10.6. The third-order valence-electron chi connectivity index (χ3n) is 5.13. The van der Waals surface area contributed by atoms with Gasteiger partial charge in [0, 0.05) is 24.2 Å². The van der Waals surface area contributed by atoms with E-state index in [0.717, 1.165) is 44.5 Å². The molecular weight excluding hydrogens is 308 g/mol. The van der Waals surface area contributed by atoms with Crippen LogP contribution in [-0.2, 0) is 11.2 Å². The van der Waals surface area contributed by atoms with Crippen molar-refractivity contribution in [3.05, 3.63) is 29.3 Å². The lowest BCUT2D eigenvalue weighted by atomic mass is 9.89. The van der Waals surface area contributed by atoms with Gasteiger partial charge < -0.3 is 10.2 Å². The number of halogens is 1. The molecule has 0 aromatic heterocycles. The lowest BCUT2D eigenvalue weighted by Gasteiger charge is -2.35. The summed E-state index contributed by atoms with van der Waals surface area (Å²) in [5.41, 5.74) is 3.89. The number of amides is 1. The van der Waals surface area contributed by atoms with Crippen molar-refractivity contribution in [3.63, 3.8) is 0 Å². The zero-order chi connectivity index (χ0) is 15.7. The van der Waals surface area contributed by atoms with Crippen molar-refractivity contribution >= 4 is 24.0 Å². The number of anilines is 1. The van der Waals surface area contributed by atoms with Gasteiger partial charge in [0.25, 0.3) is 0 Å². The molecule has 0 radical (unpaired) electrons. The van der Waals surface area contributed by atoms with E-state index in [1.165, 1.54) is 11.1 Å². The Balaban J connectivity index is 0.00000192. The molecular formula is C19H29ClN2O. The van der Waals surface area contributed by atoms with Crippen LogP contribution in [0.15, 0.2) is 18.2 Å². The van der Waals surface area contributed by atoms with Gasteiger partial charge in [-0.1, -0.05) is 26.0 Å². The fraction of sp³-hybridized carbons (Fsp3) is 0.632. The molecule has 0 bridgehead atoms. The monoisotopic (exact) mass is 336 g/mol. The van der Waals surface area contributed by atoms with Gasteiger partial charge in [0.2, 0.25) is 5.91 Å². The molecule has 128 valence electrons. The number of aryl methyl sites for hydroxylation is 1. The summed E-state index contributed by atoms with van der Waals surface area (Å²) in [7, 11) is 0. The minimum absolute atomic E-state index is 0. The maximum absolute atomic E-state index is 13.0. The molecule has 3 nitrogen and oxygen atoms in total. The second-order valence-corrected chi connectivity index (χ2v) is 7.21. The summed E-state index contributed by atoms with van der Waals surface area (Å²) < 4.78 is 0. The van der Waals surface area contributed by atoms with Crippen LogP contribution in [0.2, 0.25) is 0 Å². The second kappa shape index (κ2) is 7.67. The highest BCUT2D eigenvalue weighted by Gasteiger charge is 2.31. The van der Waals surface area contributed by atoms with Crippen LogP contribution in [-0.4, -0.2) is 25.0 Å². The van der Waals surface area contributed by atoms with Gasteiger partial charge in [-0.15, -0.1) is 12.4 Å². The van der Waals surface area contributed by atoms with E-state index < -0.39 is 0 Å². The Bertz CT molecular complexity index is 558. The van der Waals surface area contributed by atoms with Crippen LogP contribution < -0.4 is 10.2 Å². The number of carbonyl (C=O) groups is 1. The first kappa shape index (κ1) is 18.3. The van der Waals surface area contributed by atoms with Crippen LogP contribution >= 0.6 is 12.4 Å². The van der Waals surface area contributed by atoms with Gasteiger partial charge in [0.05, 0.1) is 0 Å². The molecule has 2 aliphatic heterocycles. The summed E-state index contributed by atoms with van der Waals surface area (Å²) in [5, 5.41) is 3.44. The Hall–Kier alpha value is -1.06. The normalized spacial score (nSPS) is 24.1. The Kier molecular flexibility index (Phi) is 6.10. The topological polar surface area (TPSA) is 32.3 Å². The molecule has 23 heavy (non-hydrogen) atoms. The van der Waals surface area contributed by atoms with Crippen LogP contribution in [0.1, 0.15) is 57.1 Å². The third-order valence-corrected chi connectivity index (χ3v) is 5.13. The largest absolute Gasteiger partial charge is 0.314 e. The zero-order valence-corrected chi connectivity index (χ0v) is 15.3. The quantitative estimate of drug-likeness (QED) is 0.888. The average Bonchev–Trinajstić information content (AvgIpc) is 2.53. The Morgan fingerprint density at radius 3 is 2.83 bits per heavy atom. The highest BCUT2D eigenvalue weighted by atomic mass is 35.5. The lowest BCUT2D eigenvalue weighted by molar-refractivity contribution is -0.123. The minimum Gasteiger partial charge on any atom is -0.314 e. The number of piperidine rings is 1. The van der Waals surface area contributed by atoms with E-state index in [0.29, 0.717) is 17.9 Å². The molecule has 4 heteroatoms. The molecule has 2 heterocycles. The van der Waals surface area contributed by atoms with Crippen LogP contribution in [0.5, 0.6) is 0 Å². The number of nitrogens with one attached hydrogen (secondary N) is 1. The van der Waals surface area contributed by atoms with E-state index >= 15 is 0 Å². The number of fused-ring (bicyclic) bond motifs is 1. The van der Waals surface area contributed by atoms with Crippen molar-refractivity contribution in [1.82, 2.24) is 5.32 Å². The van der Waals surface area contributed by atoms with E-state index in [4.69, 9.17) is 0 Å². The van der Waals surface area contributed by atoms with E-state index in [1.807, 2.05) is 0 Å². The summed E-state index contributed by atoms with van der Waals surface area (Å²) >= 11 is 0.